The summed E-state index contributed by atoms with van der Waals surface area (Å²) in [7, 11) is -3.41. The fraction of sp³-hybridized carbons (Fsp3) is 0.400. The summed E-state index contributed by atoms with van der Waals surface area (Å²) >= 11 is 5.89. The van der Waals surface area contributed by atoms with E-state index in [0.29, 0.717) is 42.3 Å². The Hall–Kier alpha value is -1.93. The number of rotatable bonds is 3. The maximum Gasteiger partial charge on any atom is 0.271 e. The van der Waals surface area contributed by atoms with E-state index in [-0.39, 0.29) is 16.7 Å². The van der Waals surface area contributed by atoms with Crippen LogP contribution in [0.1, 0.15) is 34.9 Å². The van der Waals surface area contributed by atoms with E-state index in [1.807, 2.05) is 0 Å². The van der Waals surface area contributed by atoms with Gasteiger partial charge < -0.3 is 4.90 Å². The molecule has 1 saturated heterocycles. The molecule has 3 rings (SSSR count). The fourth-order valence-corrected chi connectivity index (χ4v) is 4.10. The Morgan fingerprint density at radius 1 is 1.38 bits per heavy atom. The number of nitrogens with zero attached hydrogens (tertiary/aromatic N) is 3. The number of halogens is 1. The first-order valence-electron chi connectivity index (χ1n) is 7.50. The number of hydrogen-bond donors (Lipinski definition) is 1. The molecule has 0 saturated carbocycles. The zero-order chi connectivity index (χ0) is 17.3. The van der Waals surface area contributed by atoms with Gasteiger partial charge in [0.2, 0.25) is 0 Å². The molecule has 0 aliphatic carbocycles. The van der Waals surface area contributed by atoms with Gasteiger partial charge in [-0.1, -0.05) is 11.6 Å². The first-order chi connectivity index (χ1) is 11.4. The Kier molecular flexibility index (Phi) is 4.60. The van der Waals surface area contributed by atoms with E-state index in [1.165, 1.54) is 18.5 Å². The number of H-pyrrole nitrogens is 1. The molecule has 2 aromatic rings. The summed E-state index contributed by atoms with van der Waals surface area (Å²) in [6, 6.07) is 3.08. The van der Waals surface area contributed by atoms with Crippen LogP contribution in [0.4, 0.5) is 0 Å². The predicted octanol–water partition coefficient (Wildman–Crippen LogP) is 1.88. The fourth-order valence-electron chi connectivity index (χ4n) is 2.94. The Bertz CT molecular complexity index is 844. The summed E-state index contributed by atoms with van der Waals surface area (Å²) < 4.78 is 24.0. The highest BCUT2D eigenvalue weighted by Gasteiger charge is 2.29. The first-order valence-corrected chi connectivity index (χ1v) is 9.77. The molecular weight excluding hydrogens is 352 g/mol. The average molecular weight is 369 g/mol. The minimum Gasteiger partial charge on any atom is -0.337 e. The van der Waals surface area contributed by atoms with Gasteiger partial charge in [-0.2, -0.15) is 5.10 Å². The zero-order valence-corrected chi connectivity index (χ0v) is 14.6. The van der Waals surface area contributed by atoms with Crippen molar-refractivity contribution in [3.8, 4) is 0 Å². The maximum atomic E-state index is 12.3. The highest BCUT2D eigenvalue weighted by molar-refractivity contribution is 7.90. The molecule has 1 aliphatic heterocycles. The molecule has 2 aromatic heterocycles. The summed E-state index contributed by atoms with van der Waals surface area (Å²) in [5, 5.41) is 6.75. The van der Waals surface area contributed by atoms with Crippen LogP contribution in [0.15, 0.2) is 29.4 Å². The van der Waals surface area contributed by atoms with Crippen LogP contribution < -0.4 is 0 Å². The van der Waals surface area contributed by atoms with Gasteiger partial charge in [0.05, 0.1) is 15.6 Å². The van der Waals surface area contributed by atoms with Gasteiger partial charge in [-0.25, -0.2) is 8.42 Å². The summed E-state index contributed by atoms with van der Waals surface area (Å²) in [4.78, 5) is 18.5. The highest BCUT2D eigenvalue weighted by Crippen LogP contribution is 2.32. The molecule has 0 aromatic carbocycles. The molecule has 128 valence electrons. The summed E-state index contributed by atoms with van der Waals surface area (Å²) in [5.41, 5.74) is 0.991. The number of piperidine rings is 1. The molecule has 0 radical (unpaired) electrons. The molecule has 0 atom stereocenters. The number of sulfone groups is 1. The third-order valence-corrected chi connectivity index (χ3v) is 5.48. The third-order valence-electron chi connectivity index (χ3n) is 4.15. The average Bonchev–Trinajstić information content (AvgIpc) is 3.08. The van der Waals surface area contributed by atoms with Crippen LogP contribution in [0.3, 0.4) is 0 Å². The number of nitrogens with one attached hydrogen (secondary N) is 1. The normalized spacial score (nSPS) is 16.3. The first kappa shape index (κ1) is 16.9. The molecule has 1 N–H and O–H groups in total. The highest BCUT2D eigenvalue weighted by atomic mass is 35.5. The van der Waals surface area contributed by atoms with Crippen molar-refractivity contribution >= 4 is 27.3 Å². The van der Waals surface area contributed by atoms with Crippen LogP contribution in [0, 0.1) is 0 Å². The van der Waals surface area contributed by atoms with Crippen LogP contribution in [0.2, 0.25) is 5.02 Å². The Balaban J connectivity index is 1.77. The molecule has 9 heteroatoms. The minimum atomic E-state index is -3.41. The lowest BCUT2D eigenvalue weighted by atomic mass is 9.93. The molecule has 24 heavy (non-hydrogen) atoms. The van der Waals surface area contributed by atoms with Crippen LogP contribution in [-0.4, -0.2) is 53.8 Å². The van der Waals surface area contributed by atoms with Crippen molar-refractivity contribution in [3.63, 3.8) is 0 Å². The van der Waals surface area contributed by atoms with Crippen molar-refractivity contribution in [3.05, 3.63) is 40.9 Å². The Morgan fingerprint density at radius 3 is 2.67 bits per heavy atom. The topological polar surface area (TPSA) is 96.0 Å². The standard InChI is InChI=1S/C15H17ClN4O3S/c1-24(22,23)13-8-11(16)9-17-14(13)10-3-6-20(7-4-10)15(21)12-2-5-18-19-12/h2,5,8-10H,3-4,6-7H2,1H3,(H,18,19). The van der Waals surface area contributed by atoms with Gasteiger partial charge >= 0.3 is 0 Å². The number of aromatic nitrogens is 3. The van der Waals surface area contributed by atoms with Crippen LogP contribution in [-0.2, 0) is 9.84 Å². The van der Waals surface area contributed by atoms with E-state index in [4.69, 9.17) is 11.6 Å². The minimum absolute atomic E-state index is 0.0159. The van der Waals surface area contributed by atoms with E-state index in [9.17, 15) is 13.2 Å². The Labute approximate surface area is 145 Å². The van der Waals surface area contributed by atoms with Gasteiger partial charge in [0.1, 0.15) is 5.69 Å². The van der Waals surface area contributed by atoms with Crippen molar-refractivity contribution in [2.75, 3.05) is 19.3 Å². The summed E-state index contributed by atoms with van der Waals surface area (Å²) in [6.45, 7) is 1.08. The van der Waals surface area contributed by atoms with Gasteiger partial charge in [-0.15, -0.1) is 0 Å². The van der Waals surface area contributed by atoms with Gasteiger partial charge in [0.25, 0.3) is 5.91 Å². The molecule has 7 nitrogen and oxygen atoms in total. The van der Waals surface area contributed by atoms with Crippen LogP contribution >= 0.6 is 11.6 Å². The van der Waals surface area contributed by atoms with E-state index in [0.717, 1.165) is 6.26 Å². The van der Waals surface area contributed by atoms with Gasteiger partial charge in [-0.3, -0.25) is 14.9 Å². The Morgan fingerprint density at radius 2 is 2.08 bits per heavy atom. The third kappa shape index (κ3) is 3.44. The molecule has 0 unspecified atom stereocenters. The maximum absolute atomic E-state index is 12.3. The second-order valence-electron chi connectivity index (χ2n) is 5.85. The van der Waals surface area contributed by atoms with Crippen LogP contribution in [0.5, 0.6) is 0 Å². The number of amides is 1. The quantitative estimate of drug-likeness (QED) is 0.892. The molecule has 0 bridgehead atoms. The molecule has 1 aliphatic rings. The second-order valence-corrected chi connectivity index (χ2v) is 8.27. The number of pyridine rings is 1. The smallest absolute Gasteiger partial charge is 0.271 e. The summed E-state index contributed by atoms with van der Waals surface area (Å²) in [6.07, 6.45) is 5.46. The second kappa shape index (κ2) is 6.52. The number of aromatic amines is 1. The lowest BCUT2D eigenvalue weighted by Crippen LogP contribution is -2.38. The molecule has 3 heterocycles. The van der Waals surface area contributed by atoms with E-state index >= 15 is 0 Å². The van der Waals surface area contributed by atoms with Crippen LogP contribution in [0.25, 0.3) is 0 Å². The number of hydrogen-bond acceptors (Lipinski definition) is 5. The molecule has 1 amide bonds. The summed E-state index contributed by atoms with van der Waals surface area (Å²) in [5.74, 6) is -0.115. The van der Waals surface area contributed by atoms with E-state index < -0.39 is 9.84 Å². The van der Waals surface area contributed by atoms with Gasteiger partial charge in [0.15, 0.2) is 9.84 Å². The van der Waals surface area contributed by atoms with Crippen molar-refractivity contribution in [2.45, 2.75) is 23.7 Å². The zero-order valence-electron chi connectivity index (χ0n) is 13.1. The van der Waals surface area contributed by atoms with Gasteiger partial charge in [0, 0.05) is 37.7 Å². The molecule has 1 fully saturated rings. The van der Waals surface area contributed by atoms with E-state index in [2.05, 4.69) is 15.2 Å². The largest absolute Gasteiger partial charge is 0.337 e. The van der Waals surface area contributed by atoms with Crippen molar-refractivity contribution in [2.24, 2.45) is 0 Å². The lowest BCUT2D eigenvalue weighted by molar-refractivity contribution is 0.0705. The monoisotopic (exact) mass is 368 g/mol. The number of carbonyl (C=O) groups excluding carboxylic acids is 1. The van der Waals surface area contributed by atoms with Crippen molar-refractivity contribution in [1.82, 2.24) is 20.1 Å². The van der Waals surface area contributed by atoms with Gasteiger partial charge in [-0.05, 0) is 25.0 Å². The van der Waals surface area contributed by atoms with E-state index in [1.54, 1.807) is 11.0 Å². The van der Waals surface area contributed by atoms with Crippen molar-refractivity contribution < 1.29 is 13.2 Å². The predicted molar refractivity (Wildman–Crippen MR) is 88.8 cm³/mol. The number of likely N-dealkylation sites (tertiary alicyclic amines) is 1. The van der Waals surface area contributed by atoms with Crippen molar-refractivity contribution in [1.29, 1.82) is 0 Å². The molecular formula is C15H17ClN4O3S. The SMILES string of the molecule is CS(=O)(=O)c1cc(Cl)cnc1C1CCN(C(=O)c2ccn[nH]2)CC1. The molecule has 0 spiro atoms. The number of carbonyl (C=O) groups is 1. The lowest BCUT2D eigenvalue weighted by Gasteiger charge is -2.32.